The van der Waals surface area contributed by atoms with Crippen molar-refractivity contribution in [2.24, 2.45) is 5.73 Å². The second kappa shape index (κ2) is 15.0. The van der Waals surface area contributed by atoms with Crippen molar-refractivity contribution in [3.8, 4) is 23.1 Å². The number of likely N-dealkylation sites (tertiary alicyclic amines) is 1. The van der Waals surface area contributed by atoms with E-state index in [1.54, 1.807) is 0 Å². The lowest BCUT2D eigenvalue weighted by Gasteiger charge is -2.27. The summed E-state index contributed by atoms with van der Waals surface area (Å²) in [6, 6.07) is 12.2. The maximum atomic E-state index is 12.6. The van der Waals surface area contributed by atoms with E-state index >= 15 is 0 Å². The zero-order chi connectivity index (χ0) is 32.0. The van der Waals surface area contributed by atoms with Crippen LogP contribution in [-0.4, -0.2) is 63.6 Å². The minimum absolute atomic E-state index is 0.282. The van der Waals surface area contributed by atoms with Crippen LogP contribution >= 0.6 is 23.2 Å². The van der Waals surface area contributed by atoms with Crippen LogP contribution in [0.25, 0.3) is 11.3 Å². The molecule has 0 spiro atoms. The summed E-state index contributed by atoms with van der Waals surface area (Å²) in [7, 11) is 0. The molecule has 3 heterocycles. The molecule has 46 heavy (non-hydrogen) atoms. The molecule has 242 valence electrons. The van der Waals surface area contributed by atoms with Crippen LogP contribution < -0.4 is 11.1 Å². The molecule has 2 aliphatic heterocycles. The minimum Gasteiger partial charge on any atom is -0.361 e. The number of aryl methyl sites for hydroxylation is 1. The number of nitrogens with zero attached hydrogens (tertiary/aromatic N) is 4. The molecule has 0 atom stereocenters. The summed E-state index contributed by atoms with van der Waals surface area (Å²) in [4.78, 5) is 28.3. The van der Waals surface area contributed by atoms with Crippen LogP contribution in [-0.2, 0) is 35.6 Å². The van der Waals surface area contributed by atoms with Crippen molar-refractivity contribution < 1.29 is 9.59 Å². The molecular weight excluding hydrogens is 619 g/mol. The Kier molecular flexibility index (Phi) is 10.7. The van der Waals surface area contributed by atoms with Crippen molar-refractivity contribution in [3.05, 3.63) is 74.4 Å². The van der Waals surface area contributed by atoms with Crippen molar-refractivity contribution in [1.29, 1.82) is 0 Å². The van der Waals surface area contributed by atoms with E-state index in [-0.39, 0.29) is 6.54 Å². The standard InChI is InChI=1S/C36H42Cl2N6O2/c37-31-14-12-27(22-26(31)11-9-25-10-13-32(38)28(21-25)23-40-29-7-2-3-8-29)34-30-24-43(36(46)35(39)45)20-15-33(30)44(41-34)19-6-18-42-16-4-1-5-17-42/h10,12-14,21-22,29,40H,1-8,15-20,23-24H2,(H2,39,45). The first-order valence-corrected chi connectivity index (χ1v) is 17.3. The van der Waals surface area contributed by atoms with Gasteiger partial charge in [0.25, 0.3) is 0 Å². The fraction of sp³-hybridized carbons (Fsp3) is 0.472. The molecule has 6 rings (SSSR count). The highest BCUT2D eigenvalue weighted by Crippen LogP contribution is 2.32. The van der Waals surface area contributed by atoms with E-state index in [0.29, 0.717) is 29.6 Å². The van der Waals surface area contributed by atoms with Gasteiger partial charge in [-0.2, -0.15) is 5.10 Å². The molecule has 8 nitrogen and oxygen atoms in total. The van der Waals surface area contributed by atoms with E-state index in [1.807, 2.05) is 36.4 Å². The van der Waals surface area contributed by atoms with E-state index in [9.17, 15) is 9.59 Å². The molecule has 1 aromatic heterocycles. The van der Waals surface area contributed by atoms with Gasteiger partial charge in [0.15, 0.2) is 0 Å². The predicted molar refractivity (Wildman–Crippen MR) is 182 cm³/mol. The average Bonchev–Trinajstić information content (AvgIpc) is 3.72. The third kappa shape index (κ3) is 7.78. The first kappa shape index (κ1) is 32.6. The first-order chi connectivity index (χ1) is 22.4. The highest BCUT2D eigenvalue weighted by Gasteiger charge is 2.30. The van der Waals surface area contributed by atoms with Crippen molar-refractivity contribution in [2.45, 2.75) is 83.5 Å². The van der Waals surface area contributed by atoms with E-state index in [4.69, 9.17) is 34.0 Å². The Hall–Kier alpha value is -3.35. The van der Waals surface area contributed by atoms with Gasteiger partial charge in [-0.1, -0.05) is 60.4 Å². The second-order valence-electron chi connectivity index (χ2n) is 12.7. The van der Waals surface area contributed by atoms with Gasteiger partial charge < -0.3 is 20.9 Å². The third-order valence-electron chi connectivity index (χ3n) is 9.49. The van der Waals surface area contributed by atoms with Gasteiger partial charge >= 0.3 is 11.8 Å². The molecule has 10 heteroatoms. The van der Waals surface area contributed by atoms with Crippen LogP contribution in [0.3, 0.4) is 0 Å². The fourth-order valence-corrected chi connectivity index (χ4v) is 7.29. The van der Waals surface area contributed by atoms with E-state index in [2.05, 4.69) is 26.7 Å². The van der Waals surface area contributed by atoms with Crippen LogP contribution in [0.15, 0.2) is 36.4 Å². The molecule has 3 N–H and O–H groups in total. The largest absolute Gasteiger partial charge is 0.361 e. The number of aromatic nitrogens is 2. The van der Waals surface area contributed by atoms with Crippen LogP contribution in [0.2, 0.25) is 10.0 Å². The maximum Gasteiger partial charge on any atom is 0.311 e. The highest BCUT2D eigenvalue weighted by molar-refractivity contribution is 6.34. The number of fused-ring (bicyclic) bond motifs is 1. The first-order valence-electron chi connectivity index (χ1n) is 16.6. The molecular formula is C36H42Cl2N6O2. The molecule has 2 aromatic carbocycles. The summed E-state index contributed by atoms with van der Waals surface area (Å²) in [6.45, 7) is 5.59. The molecule has 1 saturated carbocycles. The Morgan fingerprint density at radius 1 is 0.935 bits per heavy atom. The van der Waals surface area contributed by atoms with E-state index < -0.39 is 11.8 Å². The molecule has 3 aliphatic rings. The number of halogens is 2. The van der Waals surface area contributed by atoms with E-state index in [0.717, 1.165) is 77.8 Å². The lowest BCUT2D eigenvalue weighted by molar-refractivity contribution is -0.144. The van der Waals surface area contributed by atoms with Gasteiger partial charge in [-0.15, -0.1) is 0 Å². The summed E-state index contributed by atoms with van der Waals surface area (Å²) >= 11 is 13.2. The maximum absolute atomic E-state index is 12.6. The molecule has 0 unspecified atom stereocenters. The zero-order valence-electron chi connectivity index (χ0n) is 26.3. The SMILES string of the molecule is NC(=O)C(=O)N1CCc2c(c(-c3ccc(Cl)c(C#Cc4ccc(Cl)c(CNC5CCCC5)c4)c3)nn2CCCN2CCCCC2)C1. The number of hydrogen-bond acceptors (Lipinski definition) is 5. The molecule has 0 bridgehead atoms. The predicted octanol–water partition coefficient (Wildman–Crippen LogP) is 5.53. The van der Waals surface area contributed by atoms with Crippen molar-refractivity contribution in [3.63, 3.8) is 0 Å². The topological polar surface area (TPSA) is 96.5 Å². The number of nitrogens with one attached hydrogen (secondary N) is 1. The monoisotopic (exact) mass is 660 g/mol. The van der Waals surface area contributed by atoms with Gasteiger partial charge in [0.05, 0.1) is 17.3 Å². The second-order valence-corrected chi connectivity index (χ2v) is 13.5. The Bertz CT molecular complexity index is 1650. The normalized spacial score (nSPS) is 17.0. The summed E-state index contributed by atoms with van der Waals surface area (Å²) in [5.41, 5.74) is 11.6. The number of carbonyl (C=O) groups is 2. The molecule has 2 fully saturated rings. The quantitative estimate of drug-likeness (QED) is 0.245. The minimum atomic E-state index is -0.942. The number of hydrogen-bond donors (Lipinski definition) is 2. The van der Waals surface area contributed by atoms with Crippen molar-refractivity contribution in [1.82, 2.24) is 24.9 Å². The van der Waals surface area contributed by atoms with Gasteiger partial charge in [0, 0.05) is 65.1 Å². The molecule has 2 amide bonds. The number of primary amides is 1. The van der Waals surface area contributed by atoms with Crippen LogP contribution in [0.1, 0.15) is 79.3 Å². The van der Waals surface area contributed by atoms with E-state index in [1.165, 1.54) is 49.8 Å². The van der Waals surface area contributed by atoms with Gasteiger partial charge in [-0.05, 0) is 87.6 Å². The Labute approximate surface area is 281 Å². The lowest BCUT2D eigenvalue weighted by atomic mass is 9.99. The zero-order valence-corrected chi connectivity index (χ0v) is 27.8. The number of carbonyl (C=O) groups excluding carboxylic acids is 2. The number of nitrogens with two attached hydrogens (primary N) is 1. The summed E-state index contributed by atoms with van der Waals surface area (Å²) in [5, 5.41) is 9.99. The number of rotatable bonds is 8. The fourth-order valence-electron chi connectivity index (χ4n) is 6.94. The van der Waals surface area contributed by atoms with Gasteiger partial charge in [-0.3, -0.25) is 14.3 Å². The van der Waals surface area contributed by atoms with Gasteiger partial charge in [0.1, 0.15) is 0 Å². The molecule has 3 aromatic rings. The summed E-state index contributed by atoms with van der Waals surface area (Å²) in [5.74, 6) is 4.94. The van der Waals surface area contributed by atoms with Crippen molar-refractivity contribution >= 4 is 35.0 Å². The van der Waals surface area contributed by atoms with Crippen LogP contribution in [0.5, 0.6) is 0 Å². The smallest absolute Gasteiger partial charge is 0.311 e. The molecule has 0 radical (unpaired) electrons. The van der Waals surface area contributed by atoms with Gasteiger partial charge in [0.2, 0.25) is 0 Å². The third-order valence-corrected chi connectivity index (χ3v) is 10.2. The molecule has 1 aliphatic carbocycles. The Morgan fingerprint density at radius 3 is 2.50 bits per heavy atom. The van der Waals surface area contributed by atoms with Crippen molar-refractivity contribution in [2.75, 3.05) is 26.2 Å². The highest BCUT2D eigenvalue weighted by atomic mass is 35.5. The number of piperidine rings is 1. The lowest BCUT2D eigenvalue weighted by Crippen LogP contribution is -2.43. The Balaban J connectivity index is 1.25. The summed E-state index contributed by atoms with van der Waals surface area (Å²) in [6.07, 6.45) is 10.4. The average molecular weight is 662 g/mol. The van der Waals surface area contributed by atoms with Crippen LogP contribution in [0, 0.1) is 11.8 Å². The van der Waals surface area contributed by atoms with Crippen LogP contribution in [0.4, 0.5) is 0 Å². The Morgan fingerprint density at radius 2 is 1.72 bits per heavy atom. The number of amides is 2. The summed E-state index contributed by atoms with van der Waals surface area (Å²) < 4.78 is 2.09. The van der Waals surface area contributed by atoms with Gasteiger partial charge in [-0.25, -0.2) is 0 Å². The molecule has 1 saturated heterocycles. The number of benzene rings is 2.